The van der Waals surface area contributed by atoms with E-state index in [-0.39, 0.29) is 24.1 Å². The van der Waals surface area contributed by atoms with Crippen molar-refractivity contribution in [2.75, 3.05) is 0 Å². The molecule has 1 N–H and O–H groups in total. The van der Waals surface area contributed by atoms with Gasteiger partial charge in [0.25, 0.3) is 0 Å². The van der Waals surface area contributed by atoms with Crippen LogP contribution in [0.5, 0.6) is 0 Å². The Kier molecular flexibility index (Phi) is 3.50. The number of rotatable bonds is 1. The molecule has 0 aromatic rings. The van der Waals surface area contributed by atoms with Crippen LogP contribution in [0.1, 0.15) is 27.7 Å². The van der Waals surface area contributed by atoms with Crippen molar-refractivity contribution in [3.05, 3.63) is 0 Å². The Hall–Kier alpha value is -0.610. The van der Waals surface area contributed by atoms with Crippen molar-refractivity contribution >= 4 is 5.97 Å². The van der Waals surface area contributed by atoms with Gasteiger partial charge in [-0.15, -0.1) is 0 Å². The van der Waals surface area contributed by atoms with Crippen molar-refractivity contribution < 1.29 is 19.4 Å². The lowest BCUT2D eigenvalue weighted by molar-refractivity contribution is -0.205. The van der Waals surface area contributed by atoms with Gasteiger partial charge >= 0.3 is 5.97 Å². The SMILES string of the molecule is CC(=O)O[C@@H]1[C@@H](O)[C@@H](C)C(C)O[C@H]1C. The van der Waals surface area contributed by atoms with Gasteiger partial charge in [-0.3, -0.25) is 4.79 Å². The molecule has 1 aliphatic heterocycles. The van der Waals surface area contributed by atoms with Gasteiger partial charge in [-0.05, 0) is 13.8 Å². The van der Waals surface area contributed by atoms with Crippen LogP contribution in [0, 0.1) is 5.92 Å². The molecule has 0 radical (unpaired) electrons. The molecule has 82 valence electrons. The van der Waals surface area contributed by atoms with Crippen molar-refractivity contribution in [1.29, 1.82) is 0 Å². The van der Waals surface area contributed by atoms with Gasteiger partial charge in [0.1, 0.15) is 0 Å². The first-order valence-electron chi connectivity index (χ1n) is 4.94. The van der Waals surface area contributed by atoms with Crippen molar-refractivity contribution in [3.63, 3.8) is 0 Å². The van der Waals surface area contributed by atoms with Crippen molar-refractivity contribution in [3.8, 4) is 0 Å². The van der Waals surface area contributed by atoms with Crippen LogP contribution >= 0.6 is 0 Å². The molecule has 4 nitrogen and oxygen atoms in total. The molecule has 0 aromatic carbocycles. The molecular weight excluding hydrogens is 184 g/mol. The topological polar surface area (TPSA) is 55.8 Å². The van der Waals surface area contributed by atoms with Gasteiger partial charge in [-0.2, -0.15) is 0 Å². The second-order valence-electron chi connectivity index (χ2n) is 3.97. The van der Waals surface area contributed by atoms with E-state index in [1.54, 1.807) is 6.92 Å². The van der Waals surface area contributed by atoms with Gasteiger partial charge in [0.15, 0.2) is 6.10 Å². The third-order valence-corrected chi connectivity index (χ3v) is 2.81. The zero-order valence-corrected chi connectivity index (χ0v) is 9.06. The van der Waals surface area contributed by atoms with Crippen molar-refractivity contribution in [2.24, 2.45) is 5.92 Å². The van der Waals surface area contributed by atoms with Crippen LogP contribution in [0.4, 0.5) is 0 Å². The number of carbonyl (C=O) groups is 1. The lowest BCUT2D eigenvalue weighted by Gasteiger charge is -2.40. The van der Waals surface area contributed by atoms with Crippen LogP contribution in [0.3, 0.4) is 0 Å². The minimum Gasteiger partial charge on any atom is -0.457 e. The number of ether oxygens (including phenoxy) is 2. The smallest absolute Gasteiger partial charge is 0.303 e. The highest BCUT2D eigenvalue weighted by Gasteiger charge is 2.40. The number of aliphatic hydroxyl groups is 1. The van der Waals surface area contributed by atoms with E-state index >= 15 is 0 Å². The van der Waals surface area contributed by atoms with Crippen LogP contribution in [-0.2, 0) is 14.3 Å². The Bertz CT molecular complexity index is 216. The summed E-state index contributed by atoms with van der Waals surface area (Å²) < 4.78 is 10.6. The zero-order chi connectivity index (χ0) is 10.9. The summed E-state index contributed by atoms with van der Waals surface area (Å²) >= 11 is 0. The highest BCUT2D eigenvalue weighted by molar-refractivity contribution is 5.66. The lowest BCUT2D eigenvalue weighted by Crippen LogP contribution is -2.53. The van der Waals surface area contributed by atoms with Gasteiger partial charge in [-0.25, -0.2) is 0 Å². The van der Waals surface area contributed by atoms with E-state index in [1.807, 2.05) is 13.8 Å². The Morgan fingerprint density at radius 2 is 1.86 bits per heavy atom. The molecule has 4 heteroatoms. The molecule has 0 spiro atoms. The first-order chi connectivity index (χ1) is 6.43. The third kappa shape index (κ3) is 2.25. The highest BCUT2D eigenvalue weighted by atomic mass is 16.6. The summed E-state index contributed by atoms with van der Waals surface area (Å²) in [5, 5.41) is 9.87. The highest BCUT2D eigenvalue weighted by Crippen LogP contribution is 2.27. The molecule has 0 bridgehead atoms. The maximum Gasteiger partial charge on any atom is 0.303 e. The molecule has 1 rings (SSSR count). The van der Waals surface area contributed by atoms with E-state index in [0.29, 0.717) is 0 Å². The lowest BCUT2D eigenvalue weighted by atomic mass is 9.89. The molecule has 1 saturated heterocycles. The minimum absolute atomic E-state index is 0.00759. The summed E-state index contributed by atoms with van der Waals surface area (Å²) in [6.07, 6.45) is -1.44. The van der Waals surface area contributed by atoms with E-state index in [4.69, 9.17) is 9.47 Å². The molecule has 1 fully saturated rings. The van der Waals surface area contributed by atoms with Gasteiger partial charge in [0.05, 0.1) is 18.3 Å². The molecule has 1 unspecified atom stereocenters. The van der Waals surface area contributed by atoms with E-state index < -0.39 is 12.2 Å². The molecule has 0 aromatic heterocycles. The van der Waals surface area contributed by atoms with Gasteiger partial charge in [0, 0.05) is 12.8 Å². The van der Waals surface area contributed by atoms with E-state index in [9.17, 15) is 9.90 Å². The van der Waals surface area contributed by atoms with Crippen LogP contribution < -0.4 is 0 Å². The van der Waals surface area contributed by atoms with Crippen LogP contribution in [0.25, 0.3) is 0 Å². The first kappa shape index (κ1) is 11.5. The largest absolute Gasteiger partial charge is 0.457 e. The predicted octanol–water partition coefficient (Wildman–Crippen LogP) is 0.722. The second kappa shape index (κ2) is 4.28. The average molecular weight is 202 g/mol. The fourth-order valence-corrected chi connectivity index (χ4v) is 1.75. The zero-order valence-electron chi connectivity index (χ0n) is 9.06. The summed E-state index contributed by atoms with van der Waals surface area (Å²) in [7, 11) is 0. The number of hydrogen-bond donors (Lipinski definition) is 1. The fraction of sp³-hybridized carbons (Fsp3) is 0.900. The van der Waals surface area contributed by atoms with E-state index in [0.717, 1.165) is 0 Å². The third-order valence-electron chi connectivity index (χ3n) is 2.81. The Labute approximate surface area is 84.2 Å². The minimum atomic E-state index is -0.641. The number of esters is 1. The standard InChI is InChI=1S/C10H18O4/c1-5-6(2)13-7(3)10(9(5)12)14-8(4)11/h5-7,9-10,12H,1-4H3/t5-,6?,7-,9-,10-/m0/s1. The maximum absolute atomic E-state index is 10.8. The molecule has 0 saturated carbocycles. The Morgan fingerprint density at radius 1 is 1.29 bits per heavy atom. The monoisotopic (exact) mass is 202 g/mol. The normalized spacial score (nSPS) is 43.4. The number of aliphatic hydroxyl groups excluding tert-OH is 1. The van der Waals surface area contributed by atoms with Crippen molar-refractivity contribution in [1.82, 2.24) is 0 Å². The first-order valence-corrected chi connectivity index (χ1v) is 4.94. The summed E-state index contributed by atoms with van der Waals surface area (Å²) in [6, 6.07) is 0. The number of carbonyl (C=O) groups excluding carboxylic acids is 1. The second-order valence-corrected chi connectivity index (χ2v) is 3.97. The number of hydrogen-bond acceptors (Lipinski definition) is 4. The molecule has 0 amide bonds. The molecule has 5 atom stereocenters. The Balaban J connectivity index is 2.68. The average Bonchev–Trinajstić information content (AvgIpc) is 2.09. The fourth-order valence-electron chi connectivity index (χ4n) is 1.75. The summed E-state index contributed by atoms with van der Waals surface area (Å²) in [6.45, 7) is 6.94. The molecule has 0 aliphatic carbocycles. The molecule has 14 heavy (non-hydrogen) atoms. The van der Waals surface area contributed by atoms with Gasteiger partial charge < -0.3 is 14.6 Å². The van der Waals surface area contributed by atoms with Gasteiger partial charge in [0.2, 0.25) is 0 Å². The summed E-state index contributed by atoms with van der Waals surface area (Å²) in [4.78, 5) is 10.8. The molecular formula is C10H18O4. The van der Waals surface area contributed by atoms with Gasteiger partial charge in [-0.1, -0.05) is 6.92 Å². The predicted molar refractivity (Wildman–Crippen MR) is 50.7 cm³/mol. The molecule has 1 aliphatic rings. The van der Waals surface area contributed by atoms with Crippen molar-refractivity contribution in [2.45, 2.75) is 52.1 Å². The maximum atomic E-state index is 10.8. The van der Waals surface area contributed by atoms with Crippen LogP contribution in [0.2, 0.25) is 0 Å². The quantitative estimate of drug-likeness (QED) is 0.637. The van der Waals surface area contributed by atoms with E-state index in [2.05, 4.69) is 0 Å². The summed E-state index contributed by atoms with van der Waals surface area (Å²) in [5.41, 5.74) is 0. The van der Waals surface area contributed by atoms with Crippen LogP contribution in [-0.4, -0.2) is 35.5 Å². The van der Waals surface area contributed by atoms with E-state index in [1.165, 1.54) is 6.92 Å². The summed E-state index contributed by atoms with van der Waals surface area (Å²) in [5.74, 6) is -0.401. The van der Waals surface area contributed by atoms with Crippen LogP contribution in [0.15, 0.2) is 0 Å². The molecule has 1 heterocycles. The Morgan fingerprint density at radius 3 is 2.36 bits per heavy atom.